The molecule has 0 aliphatic rings. The maximum Gasteiger partial charge on any atom is 0.221 e. The first kappa shape index (κ1) is 10.4. The number of rotatable bonds is 2. The Bertz CT molecular complexity index is 511. The Labute approximate surface area is 94.1 Å². The van der Waals surface area contributed by atoms with E-state index in [9.17, 15) is 0 Å². The van der Waals surface area contributed by atoms with Gasteiger partial charge in [0.2, 0.25) is 5.88 Å². The van der Waals surface area contributed by atoms with Crippen LogP contribution in [0.1, 0.15) is 5.56 Å². The van der Waals surface area contributed by atoms with Gasteiger partial charge >= 0.3 is 0 Å². The lowest BCUT2D eigenvalue weighted by Gasteiger charge is -2.08. The standard InChI is InChI=1S/C12H13N3O/c1-8-3-9(6-14-5-8)11-4-10(13)7-15-12(11)16-2/h3-7H,13H2,1-2H3. The molecule has 2 N–H and O–H groups in total. The van der Waals surface area contributed by atoms with E-state index in [1.54, 1.807) is 25.7 Å². The number of nitrogens with zero attached hydrogens (tertiary/aromatic N) is 2. The van der Waals surface area contributed by atoms with Crippen LogP contribution in [0, 0.1) is 6.92 Å². The molecule has 0 unspecified atom stereocenters. The van der Waals surface area contributed by atoms with Crippen molar-refractivity contribution in [3.63, 3.8) is 0 Å². The Morgan fingerprint density at radius 3 is 2.69 bits per heavy atom. The molecule has 2 aromatic heterocycles. The molecule has 0 aliphatic heterocycles. The highest BCUT2D eigenvalue weighted by Crippen LogP contribution is 2.29. The number of ether oxygens (including phenoxy) is 1. The summed E-state index contributed by atoms with van der Waals surface area (Å²) < 4.78 is 5.20. The highest BCUT2D eigenvalue weighted by Gasteiger charge is 2.08. The Kier molecular flexibility index (Phi) is 2.72. The van der Waals surface area contributed by atoms with Crippen LogP contribution in [0.15, 0.2) is 30.7 Å². The van der Waals surface area contributed by atoms with Gasteiger partial charge in [-0.1, -0.05) is 0 Å². The van der Waals surface area contributed by atoms with E-state index in [2.05, 4.69) is 9.97 Å². The van der Waals surface area contributed by atoms with Crippen LogP contribution in [0.25, 0.3) is 11.1 Å². The topological polar surface area (TPSA) is 61.0 Å². The summed E-state index contributed by atoms with van der Waals surface area (Å²) in [7, 11) is 1.59. The van der Waals surface area contributed by atoms with Crippen LogP contribution in [-0.2, 0) is 0 Å². The third-order valence-electron chi connectivity index (χ3n) is 2.25. The minimum Gasteiger partial charge on any atom is -0.481 e. The van der Waals surface area contributed by atoms with Crippen LogP contribution in [0.3, 0.4) is 0 Å². The predicted molar refractivity (Wildman–Crippen MR) is 63.2 cm³/mol. The number of hydrogen-bond acceptors (Lipinski definition) is 4. The van der Waals surface area contributed by atoms with Crippen molar-refractivity contribution in [1.82, 2.24) is 9.97 Å². The van der Waals surface area contributed by atoms with E-state index >= 15 is 0 Å². The predicted octanol–water partition coefficient (Wildman–Crippen LogP) is 2.04. The second-order valence-corrected chi connectivity index (χ2v) is 3.58. The number of nitrogens with two attached hydrogens (primary N) is 1. The van der Waals surface area contributed by atoms with Gasteiger partial charge in [-0.05, 0) is 24.6 Å². The smallest absolute Gasteiger partial charge is 0.221 e. The molecule has 82 valence electrons. The number of nitrogen functional groups attached to an aromatic ring is 1. The fourth-order valence-corrected chi connectivity index (χ4v) is 1.54. The van der Waals surface area contributed by atoms with Crippen molar-refractivity contribution in [3.05, 3.63) is 36.3 Å². The largest absolute Gasteiger partial charge is 0.481 e. The molecule has 0 saturated carbocycles. The molecular weight excluding hydrogens is 202 g/mol. The Balaban J connectivity index is 2.58. The van der Waals surface area contributed by atoms with Gasteiger partial charge in [-0.2, -0.15) is 0 Å². The highest BCUT2D eigenvalue weighted by molar-refractivity contribution is 5.71. The number of methoxy groups -OCH3 is 1. The van der Waals surface area contributed by atoms with Gasteiger partial charge in [-0.15, -0.1) is 0 Å². The number of anilines is 1. The first-order chi connectivity index (χ1) is 7.70. The molecule has 0 spiro atoms. The average Bonchev–Trinajstić information content (AvgIpc) is 2.29. The fraction of sp³-hybridized carbons (Fsp3) is 0.167. The summed E-state index contributed by atoms with van der Waals surface area (Å²) >= 11 is 0. The molecule has 0 saturated heterocycles. The van der Waals surface area contributed by atoms with Crippen LogP contribution in [0.4, 0.5) is 5.69 Å². The SMILES string of the molecule is COc1ncc(N)cc1-c1cncc(C)c1. The molecule has 2 heterocycles. The van der Waals surface area contributed by atoms with Crippen molar-refractivity contribution in [3.8, 4) is 17.0 Å². The molecule has 0 fully saturated rings. The summed E-state index contributed by atoms with van der Waals surface area (Å²) in [4.78, 5) is 8.27. The zero-order valence-electron chi connectivity index (χ0n) is 9.27. The lowest BCUT2D eigenvalue weighted by atomic mass is 10.1. The zero-order valence-corrected chi connectivity index (χ0v) is 9.27. The van der Waals surface area contributed by atoms with Crippen molar-refractivity contribution in [1.29, 1.82) is 0 Å². The van der Waals surface area contributed by atoms with Gasteiger partial charge in [-0.25, -0.2) is 4.98 Å². The second kappa shape index (κ2) is 4.18. The minimum absolute atomic E-state index is 0.557. The summed E-state index contributed by atoms with van der Waals surface area (Å²) in [6.45, 7) is 1.99. The van der Waals surface area contributed by atoms with Gasteiger partial charge in [0.25, 0.3) is 0 Å². The van der Waals surface area contributed by atoms with Crippen LogP contribution in [0.5, 0.6) is 5.88 Å². The van der Waals surface area contributed by atoms with E-state index in [0.717, 1.165) is 16.7 Å². The van der Waals surface area contributed by atoms with Crippen molar-refractivity contribution >= 4 is 5.69 Å². The minimum atomic E-state index is 0.557. The van der Waals surface area contributed by atoms with Gasteiger partial charge in [-0.3, -0.25) is 4.98 Å². The normalized spacial score (nSPS) is 10.1. The molecule has 0 aliphatic carbocycles. The molecule has 2 aromatic rings. The fourth-order valence-electron chi connectivity index (χ4n) is 1.54. The van der Waals surface area contributed by atoms with Crippen LogP contribution in [-0.4, -0.2) is 17.1 Å². The van der Waals surface area contributed by atoms with Gasteiger partial charge in [0.1, 0.15) is 0 Å². The molecule has 0 radical (unpaired) electrons. The number of hydrogen-bond donors (Lipinski definition) is 1. The van der Waals surface area contributed by atoms with E-state index in [1.165, 1.54) is 0 Å². The van der Waals surface area contributed by atoms with Crippen molar-refractivity contribution in [2.75, 3.05) is 12.8 Å². The number of pyridine rings is 2. The van der Waals surface area contributed by atoms with Gasteiger partial charge in [0.05, 0.1) is 19.0 Å². The molecule has 4 heteroatoms. The lowest BCUT2D eigenvalue weighted by Crippen LogP contribution is -1.95. The highest BCUT2D eigenvalue weighted by atomic mass is 16.5. The number of aryl methyl sites for hydroxylation is 1. The van der Waals surface area contributed by atoms with E-state index in [1.807, 2.05) is 19.1 Å². The van der Waals surface area contributed by atoms with Gasteiger partial charge in [0, 0.05) is 23.5 Å². The summed E-state index contributed by atoms with van der Waals surface area (Å²) in [5.74, 6) is 0.557. The van der Waals surface area contributed by atoms with Crippen molar-refractivity contribution in [2.24, 2.45) is 0 Å². The van der Waals surface area contributed by atoms with Crippen molar-refractivity contribution < 1.29 is 4.74 Å². The number of aromatic nitrogens is 2. The summed E-state index contributed by atoms with van der Waals surface area (Å²) in [5.41, 5.74) is 9.23. The monoisotopic (exact) mass is 215 g/mol. The molecule has 0 aromatic carbocycles. The van der Waals surface area contributed by atoms with E-state index < -0.39 is 0 Å². The lowest BCUT2D eigenvalue weighted by molar-refractivity contribution is 0.400. The molecule has 0 bridgehead atoms. The maximum atomic E-state index is 5.72. The summed E-state index contributed by atoms with van der Waals surface area (Å²) in [6, 6.07) is 3.86. The van der Waals surface area contributed by atoms with Crippen LogP contribution in [0.2, 0.25) is 0 Å². The molecular formula is C12H13N3O. The maximum absolute atomic E-state index is 5.72. The van der Waals surface area contributed by atoms with Crippen LogP contribution < -0.4 is 10.5 Å². The zero-order chi connectivity index (χ0) is 11.5. The Morgan fingerprint density at radius 1 is 1.19 bits per heavy atom. The molecule has 2 rings (SSSR count). The first-order valence-electron chi connectivity index (χ1n) is 4.92. The molecule has 16 heavy (non-hydrogen) atoms. The molecule has 4 nitrogen and oxygen atoms in total. The van der Waals surface area contributed by atoms with Crippen molar-refractivity contribution in [2.45, 2.75) is 6.92 Å². The summed E-state index contributed by atoms with van der Waals surface area (Å²) in [5, 5.41) is 0. The Hall–Kier alpha value is -2.10. The summed E-state index contributed by atoms with van der Waals surface area (Å²) in [6.07, 6.45) is 5.15. The van der Waals surface area contributed by atoms with E-state index in [4.69, 9.17) is 10.5 Å². The second-order valence-electron chi connectivity index (χ2n) is 3.58. The third kappa shape index (κ3) is 1.95. The van der Waals surface area contributed by atoms with Crippen LogP contribution >= 0.6 is 0 Å². The van der Waals surface area contributed by atoms with E-state index in [-0.39, 0.29) is 0 Å². The quantitative estimate of drug-likeness (QED) is 0.832. The van der Waals surface area contributed by atoms with Gasteiger partial charge in [0.15, 0.2) is 0 Å². The molecule has 0 amide bonds. The van der Waals surface area contributed by atoms with E-state index in [0.29, 0.717) is 11.6 Å². The Morgan fingerprint density at radius 2 is 2.00 bits per heavy atom. The third-order valence-corrected chi connectivity index (χ3v) is 2.25. The average molecular weight is 215 g/mol. The first-order valence-corrected chi connectivity index (χ1v) is 4.92. The van der Waals surface area contributed by atoms with Gasteiger partial charge < -0.3 is 10.5 Å². The molecule has 0 atom stereocenters.